The molecule has 0 saturated carbocycles. The summed E-state index contributed by atoms with van der Waals surface area (Å²) >= 11 is 4.45. The average Bonchev–Trinajstić information content (AvgIpc) is 3.13. The first kappa shape index (κ1) is 35.1. The second-order valence-electron chi connectivity index (χ2n) is 10.8. The maximum absolute atomic E-state index is 14.0. The number of carbonyl (C=O) groups is 3. The Balaban J connectivity index is 1.34. The summed E-state index contributed by atoms with van der Waals surface area (Å²) in [5.74, 6) is -0.941. The molecule has 1 N–H and O–H groups in total. The Kier molecular flexibility index (Phi) is 12.3. The third-order valence-electron chi connectivity index (χ3n) is 7.42. The maximum Gasteiger partial charge on any atom is 0.285 e. The van der Waals surface area contributed by atoms with Gasteiger partial charge >= 0.3 is 0 Å². The molecule has 49 heavy (non-hydrogen) atoms. The molecular formula is C40H34BrN3O4S. The van der Waals surface area contributed by atoms with Crippen molar-refractivity contribution < 1.29 is 19.1 Å². The van der Waals surface area contributed by atoms with E-state index in [1.165, 1.54) is 11.0 Å². The number of rotatable bonds is 12. The lowest BCUT2D eigenvalue weighted by Crippen LogP contribution is -2.42. The molecule has 5 rings (SSSR count). The number of hydrogen-bond acceptors (Lipinski definition) is 5. The van der Waals surface area contributed by atoms with Crippen molar-refractivity contribution in [1.82, 2.24) is 10.2 Å². The van der Waals surface area contributed by atoms with Gasteiger partial charge in [-0.15, -0.1) is 0 Å². The Hall–Kier alpha value is -5.25. The van der Waals surface area contributed by atoms with Gasteiger partial charge in [-0.25, -0.2) is 0 Å². The second-order valence-corrected chi connectivity index (χ2v) is 12.7. The number of allylic oxidation sites excluding steroid dienone is 4. The van der Waals surface area contributed by atoms with Crippen molar-refractivity contribution in [3.05, 3.63) is 178 Å². The minimum absolute atomic E-state index is 0.0744. The van der Waals surface area contributed by atoms with Crippen molar-refractivity contribution in [1.29, 1.82) is 0 Å². The summed E-state index contributed by atoms with van der Waals surface area (Å²) in [6, 6.07) is 34.0. The summed E-state index contributed by atoms with van der Waals surface area (Å²) in [5.41, 5.74) is 3.90. The molecule has 246 valence electrons. The number of amidine groups is 1. The molecule has 0 aliphatic carbocycles. The monoisotopic (exact) mass is 731 g/mol. The Labute approximate surface area is 298 Å². The summed E-state index contributed by atoms with van der Waals surface area (Å²) in [6.45, 7) is 5.91. The van der Waals surface area contributed by atoms with E-state index in [4.69, 9.17) is 4.74 Å². The van der Waals surface area contributed by atoms with E-state index in [-0.39, 0.29) is 28.4 Å². The fraction of sp³-hybridized carbons (Fsp3) is 0.100. The molecule has 7 nitrogen and oxygen atoms in total. The van der Waals surface area contributed by atoms with Gasteiger partial charge < -0.3 is 10.1 Å². The maximum atomic E-state index is 14.0. The first-order chi connectivity index (χ1) is 23.9. The number of benzene rings is 4. The highest BCUT2D eigenvalue weighted by Crippen LogP contribution is 2.28. The van der Waals surface area contributed by atoms with Crippen LogP contribution in [0.2, 0.25) is 0 Å². The Morgan fingerprint density at radius 3 is 2.16 bits per heavy atom. The second kappa shape index (κ2) is 17.2. The highest BCUT2D eigenvalue weighted by Gasteiger charge is 2.35. The van der Waals surface area contributed by atoms with Crippen LogP contribution in [0.1, 0.15) is 35.2 Å². The van der Waals surface area contributed by atoms with Gasteiger partial charge in [-0.05, 0) is 65.6 Å². The normalized spacial score (nSPS) is 14.3. The highest BCUT2D eigenvalue weighted by atomic mass is 79.9. The zero-order valence-electron chi connectivity index (χ0n) is 26.8. The van der Waals surface area contributed by atoms with Crippen LogP contribution in [-0.2, 0) is 21.0 Å². The molecule has 0 radical (unpaired) electrons. The molecule has 0 unspecified atom stereocenters. The minimum Gasteiger partial charge on any atom is -0.489 e. The van der Waals surface area contributed by atoms with Crippen molar-refractivity contribution >= 4 is 56.7 Å². The van der Waals surface area contributed by atoms with E-state index < -0.39 is 11.8 Å². The molecule has 1 aliphatic heterocycles. The molecule has 1 aliphatic rings. The molecule has 4 aromatic carbocycles. The number of hydrogen-bond donors (Lipinski definition) is 1. The summed E-state index contributed by atoms with van der Waals surface area (Å²) in [5, 5.41) is 3.21. The lowest BCUT2D eigenvalue weighted by Gasteiger charge is -2.28. The SMILES string of the molecule is C=C/C=C\C(=C/C)N1C(=O)/C(=C/c2ccc(OCc3ccc(Br)cc3)cc2)C(=O)N=C1SCC(=O)NC(c1ccccc1)c1ccccc1. The van der Waals surface area contributed by atoms with E-state index in [0.717, 1.165) is 32.9 Å². The van der Waals surface area contributed by atoms with E-state index >= 15 is 0 Å². The van der Waals surface area contributed by atoms with Gasteiger partial charge in [-0.2, -0.15) is 4.99 Å². The number of halogens is 1. The number of ether oxygens (including phenoxy) is 1. The van der Waals surface area contributed by atoms with Crippen LogP contribution in [0, 0.1) is 0 Å². The van der Waals surface area contributed by atoms with Gasteiger partial charge in [0.15, 0.2) is 5.17 Å². The molecule has 3 amide bonds. The van der Waals surface area contributed by atoms with Crippen LogP contribution in [0.4, 0.5) is 0 Å². The Morgan fingerprint density at radius 1 is 0.939 bits per heavy atom. The number of aliphatic imine (C=N–C) groups is 1. The highest BCUT2D eigenvalue weighted by molar-refractivity contribution is 9.10. The first-order valence-corrected chi connectivity index (χ1v) is 17.3. The lowest BCUT2D eigenvalue weighted by molar-refractivity contribution is -0.126. The summed E-state index contributed by atoms with van der Waals surface area (Å²) < 4.78 is 6.89. The first-order valence-electron chi connectivity index (χ1n) is 15.5. The number of carbonyl (C=O) groups excluding carboxylic acids is 3. The van der Waals surface area contributed by atoms with Crippen LogP contribution in [0.25, 0.3) is 6.08 Å². The van der Waals surface area contributed by atoms with E-state index in [1.54, 1.807) is 55.5 Å². The van der Waals surface area contributed by atoms with Gasteiger partial charge in [0, 0.05) is 10.2 Å². The van der Waals surface area contributed by atoms with Crippen LogP contribution in [0.15, 0.2) is 161 Å². The predicted octanol–water partition coefficient (Wildman–Crippen LogP) is 8.42. The van der Waals surface area contributed by atoms with Crippen LogP contribution in [0.5, 0.6) is 5.75 Å². The number of thioether (sulfide) groups is 1. The van der Waals surface area contributed by atoms with E-state index in [9.17, 15) is 14.4 Å². The molecule has 0 aromatic heterocycles. The van der Waals surface area contributed by atoms with Crippen LogP contribution >= 0.6 is 27.7 Å². The summed E-state index contributed by atoms with van der Waals surface area (Å²) in [4.78, 5) is 46.3. The predicted molar refractivity (Wildman–Crippen MR) is 201 cm³/mol. The molecule has 0 atom stereocenters. The third kappa shape index (κ3) is 9.43. The van der Waals surface area contributed by atoms with Crippen LogP contribution in [0.3, 0.4) is 0 Å². The molecule has 9 heteroatoms. The topological polar surface area (TPSA) is 88.1 Å². The van der Waals surface area contributed by atoms with Gasteiger partial charge in [0.2, 0.25) is 5.91 Å². The molecule has 4 aromatic rings. The van der Waals surface area contributed by atoms with Crippen molar-refractivity contribution in [2.24, 2.45) is 4.99 Å². The molecule has 0 spiro atoms. The molecule has 0 saturated heterocycles. The van der Waals surface area contributed by atoms with Gasteiger partial charge in [0.25, 0.3) is 11.8 Å². The molecule has 0 bridgehead atoms. The smallest absolute Gasteiger partial charge is 0.285 e. The lowest BCUT2D eigenvalue weighted by atomic mass is 9.99. The van der Waals surface area contributed by atoms with E-state index in [2.05, 4.69) is 32.8 Å². The molecular weight excluding hydrogens is 698 g/mol. The fourth-order valence-corrected chi connectivity index (χ4v) is 6.04. The average molecular weight is 733 g/mol. The standard InChI is InChI=1S/C40H34BrN3O4S/c1-3-5-16-33(4-2)44-39(47)35(25-28-19-23-34(24-20-28)48-26-29-17-21-32(41)22-18-29)38(46)43-40(44)49-27-36(45)42-37(30-12-8-6-9-13-30)31-14-10-7-11-15-31/h3-25,37H,1,26-27H2,2H3,(H,42,45)/b16-5-,33-4+,35-25+. The van der Waals surface area contributed by atoms with Crippen molar-refractivity contribution in [3.63, 3.8) is 0 Å². The van der Waals surface area contributed by atoms with Crippen LogP contribution < -0.4 is 10.1 Å². The fourth-order valence-electron chi connectivity index (χ4n) is 4.97. The third-order valence-corrected chi connectivity index (χ3v) is 8.89. The van der Waals surface area contributed by atoms with Gasteiger partial charge in [0.05, 0.1) is 11.8 Å². The zero-order valence-corrected chi connectivity index (χ0v) is 29.2. The minimum atomic E-state index is -0.686. The Morgan fingerprint density at radius 2 is 1.57 bits per heavy atom. The zero-order chi connectivity index (χ0) is 34.6. The quantitative estimate of drug-likeness (QED) is 0.0898. The van der Waals surface area contributed by atoms with Gasteiger partial charge in [-0.3, -0.25) is 19.3 Å². The van der Waals surface area contributed by atoms with E-state index in [0.29, 0.717) is 23.6 Å². The number of nitrogens with one attached hydrogen (secondary N) is 1. The summed E-state index contributed by atoms with van der Waals surface area (Å²) in [6.07, 6.45) is 8.23. The number of amides is 3. The number of nitrogens with zero attached hydrogens (tertiary/aromatic N) is 2. The van der Waals surface area contributed by atoms with Gasteiger partial charge in [-0.1, -0.05) is 137 Å². The van der Waals surface area contributed by atoms with Crippen molar-refractivity contribution in [3.8, 4) is 5.75 Å². The van der Waals surface area contributed by atoms with Crippen molar-refractivity contribution in [2.75, 3.05) is 5.75 Å². The van der Waals surface area contributed by atoms with Gasteiger partial charge in [0.1, 0.15) is 17.9 Å². The van der Waals surface area contributed by atoms with E-state index in [1.807, 2.05) is 84.9 Å². The molecule has 1 heterocycles. The Bertz CT molecular complexity index is 1880. The largest absolute Gasteiger partial charge is 0.489 e. The summed E-state index contributed by atoms with van der Waals surface area (Å²) in [7, 11) is 0. The van der Waals surface area contributed by atoms with Crippen molar-refractivity contribution in [2.45, 2.75) is 19.6 Å². The van der Waals surface area contributed by atoms with Crippen LogP contribution in [-0.4, -0.2) is 33.5 Å². The molecule has 0 fully saturated rings.